The molecule has 160 valence electrons. The number of carbonyl (C=O) groups is 2. The molecule has 2 N–H and O–H groups in total. The summed E-state index contributed by atoms with van der Waals surface area (Å²) < 4.78 is 5.32. The number of aromatic nitrogens is 1. The van der Waals surface area contributed by atoms with Gasteiger partial charge in [-0.1, -0.05) is 42.1 Å². The van der Waals surface area contributed by atoms with Crippen molar-refractivity contribution in [3.8, 4) is 5.75 Å². The van der Waals surface area contributed by atoms with E-state index in [4.69, 9.17) is 4.74 Å². The molecule has 3 aromatic rings. The first-order chi connectivity index (χ1) is 14.9. The highest BCUT2D eigenvalue weighted by molar-refractivity contribution is 8.00. The van der Waals surface area contributed by atoms with Gasteiger partial charge in [-0.2, -0.15) is 0 Å². The van der Waals surface area contributed by atoms with Crippen molar-refractivity contribution in [2.24, 2.45) is 0 Å². The molecule has 3 rings (SSSR count). The zero-order valence-corrected chi connectivity index (χ0v) is 18.8. The average Bonchev–Trinajstić information content (AvgIpc) is 2.73. The van der Waals surface area contributed by atoms with Gasteiger partial charge < -0.3 is 15.4 Å². The van der Waals surface area contributed by atoms with Gasteiger partial charge in [0.2, 0.25) is 5.91 Å². The highest BCUT2D eigenvalue weighted by Crippen LogP contribution is 2.28. The van der Waals surface area contributed by atoms with Crippen LogP contribution in [0.1, 0.15) is 27.2 Å². The number of nitrogens with one attached hydrogen (secondary N) is 2. The minimum atomic E-state index is -0.295. The number of hydrogen-bond donors (Lipinski definition) is 2. The van der Waals surface area contributed by atoms with Crippen LogP contribution >= 0.6 is 11.8 Å². The van der Waals surface area contributed by atoms with E-state index in [9.17, 15) is 9.59 Å². The molecule has 0 aliphatic heterocycles. The molecular weight excluding hydrogens is 410 g/mol. The lowest BCUT2D eigenvalue weighted by molar-refractivity contribution is -0.113. The normalized spacial score (nSPS) is 10.5. The SMILES string of the molecule is COc1ccccc1NC(=O)c1c(C)cc(C)nc1SCC(=O)Nc1ccccc1C. The van der Waals surface area contributed by atoms with Crippen LogP contribution in [0.25, 0.3) is 0 Å². The molecule has 0 saturated carbocycles. The maximum absolute atomic E-state index is 13.1. The number of nitrogens with zero attached hydrogens (tertiary/aromatic N) is 1. The number of benzene rings is 2. The third-order valence-corrected chi connectivity index (χ3v) is 5.63. The quantitative estimate of drug-likeness (QED) is 0.511. The minimum Gasteiger partial charge on any atom is -0.495 e. The summed E-state index contributed by atoms with van der Waals surface area (Å²) in [6, 6.07) is 16.7. The van der Waals surface area contributed by atoms with Crippen LogP contribution in [-0.4, -0.2) is 29.7 Å². The number of thioether (sulfide) groups is 1. The molecule has 0 spiro atoms. The van der Waals surface area contributed by atoms with E-state index >= 15 is 0 Å². The Balaban J connectivity index is 1.78. The molecule has 0 radical (unpaired) electrons. The van der Waals surface area contributed by atoms with E-state index in [1.165, 1.54) is 11.8 Å². The third kappa shape index (κ3) is 5.64. The summed E-state index contributed by atoms with van der Waals surface area (Å²) in [6.07, 6.45) is 0. The molecule has 0 saturated heterocycles. The highest BCUT2D eigenvalue weighted by Gasteiger charge is 2.19. The zero-order chi connectivity index (χ0) is 22.4. The molecule has 0 atom stereocenters. The van der Waals surface area contributed by atoms with Gasteiger partial charge in [0.1, 0.15) is 10.8 Å². The van der Waals surface area contributed by atoms with Crippen molar-refractivity contribution >= 4 is 35.0 Å². The summed E-state index contributed by atoms with van der Waals surface area (Å²) >= 11 is 1.24. The van der Waals surface area contributed by atoms with E-state index in [2.05, 4.69) is 15.6 Å². The second kappa shape index (κ2) is 10.1. The van der Waals surface area contributed by atoms with Crippen molar-refractivity contribution in [1.82, 2.24) is 4.98 Å². The van der Waals surface area contributed by atoms with Crippen LogP contribution in [0.4, 0.5) is 11.4 Å². The van der Waals surface area contributed by atoms with Crippen LogP contribution < -0.4 is 15.4 Å². The predicted octanol–water partition coefficient (Wildman–Crippen LogP) is 5.00. The topological polar surface area (TPSA) is 80.3 Å². The minimum absolute atomic E-state index is 0.138. The van der Waals surface area contributed by atoms with Crippen LogP contribution in [0.3, 0.4) is 0 Å². The summed E-state index contributed by atoms with van der Waals surface area (Å²) in [6.45, 7) is 5.67. The molecule has 31 heavy (non-hydrogen) atoms. The monoisotopic (exact) mass is 435 g/mol. The van der Waals surface area contributed by atoms with Gasteiger partial charge in [-0.15, -0.1) is 0 Å². The molecule has 2 amide bonds. The molecule has 7 heteroatoms. The number of anilines is 2. The van der Waals surface area contributed by atoms with Gasteiger partial charge in [0.15, 0.2) is 0 Å². The average molecular weight is 436 g/mol. The second-order valence-corrected chi connectivity index (χ2v) is 8.03. The molecule has 1 aromatic heterocycles. The number of ether oxygens (including phenoxy) is 1. The van der Waals surface area contributed by atoms with Gasteiger partial charge in [0, 0.05) is 11.4 Å². The first-order valence-electron chi connectivity index (χ1n) is 9.80. The van der Waals surface area contributed by atoms with Crippen LogP contribution in [0.15, 0.2) is 59.6 Å². The molecule has 0 unspecified atom stereocenters. The number of para-hydroxylation sites is 3. The van der Waals surface area contributed by atoms with Crippen molar-refractivity contribution in [1.29, 1.82) is 0 Å². The van der Waals surface area contributed by atoms with Gasteiger partial charge in [-0.3, -0.25) is 9.59 Å². The number of hydrogen-bond acceptors (Lipinski definition) is 5. The summed E-state index contributed by atoms with van der Waals surface area (Å²) in [5, 5.41) is 6.32. The summed E-state index contributed by atoms with van der Waals surface area (Å²) in [5.74, 6) is 0.257. The molecule has 0 aliphatic rings. The summed E-state index contributed by atoms with van der Waals surface area (Å²) in [5.41, 5.74) is 4.36. The summed E-state index contributed by atoms with van der Waals surface area (Å²) in [7, 11) is 1.55. The van der Waals surface area contributed by atoms with Crippen LogP contribution in [-0.2, 0) is 4.79 Å². The maximum Gasteiger partial charge on any atom is 0.258 e. The van der Waals surface area contributed by atoms with E-state index in [-0.39, 0.29) is 17.6 Å². The Bertz CT molecular complexity index is 1110. The van der Waals surface area contributed by atoms with E-state index in [1.54, 1.807) is 19.2 Å². The Hall–Kier alpha value is -3.32. The largest absolute Gasteiger partial charge is 0.495 e. The predicted molar refractivity (Wildman–Crippen MR) is 125 cm³/mol. The van der Waals surface area contributed by atoms with Crippen molar-refractivity contribution < 1.29 is 14.3 Å². The van der Waals surface area contributed by atoms with E-state index < -0.39 is 0 Å². The molecule has 1 heterocycles. The molecular formula is C24H25N3O3S. The maximum atomic E-state index is 13.1. The van der Waals surface area contributed by atoms with Crippen LogP contribution in [0, 0.1) is 20.8 Å². The Morgan fingerprint density at radius 2 is 1.61 bits per heavy atom. The smallest absolute Gasteiger partial charge is 0.258 e. The van der Waals surface area contributed by atoms with Crippen LogP contribution in [0.2, 0.25) is 0 Å². The van der Waals surface area contributed by atoms with E-state index in [1.807, 2.05) is 63.2 Å². The first-order valence-corrected chi connectivity index (χ1v) is 10.8. The van der Waals surface area contributed by atoms with Crippen molar-refractivity contribution in [3.05, 3.63) is 77.0 Å². The van der Waals surface area contributed by atoms with Gasteiger partial charge in [0.25, 0.3) is 5.91 Å². The number of carbonyl (C=O) groups excluding carboxylic acids is 2. The third-order valence-electron chi connectivity index (χ3n) is 4.65. The van der Waals surface area contributed by atoms with Gasteiger partial charge >= 0.3 is 0 Å². The molecule has 2 aromatic carbocycles. The Morgan fingerprint density at radius 1 is 0.935 bits per heavy atom. The number of rotatable bonds is 7. The zero-order valence-electron chi connectivity index (χ0n) is 18.0. The number of pyridine rings is 1. The second-order valence-electron chi connectivity index (χ2n) is 7.07. The fourth-order valence-corrected chi connectivity index (χ4v) is 4.10. The fraction of sp³-hybridized carbons (Fsp3) is 0.208. The molecule has 0 bridgehead atoms. The van der Waals surface area contributed by atoms with E-state index in [0.29, 0.717) is 22.0 Å². The fourth-order valence-electron chi connectivity index (χ4n) is 3.15. The Morgan fingerprint density at radius 3 is 2.32 bits per heavy atom. The van der Waals surface area contributed by atoms with Crippen molar-refractivity contribution in [2.75, 3.05) is 23.5 Å². The lowest BCUT2D eigenvalue weighted by atomic mass is 10.1. The van der Waals surface area contributed by atoms with Gasteiger partial charge in [-0.25, -0.2) is 4.98 Å². The summed E-state index contributed by atoms with van der Waals surface area (Å²) in [4.78, 5) is 30.1. The highest BCUT2D eigenvalue weighted by atomic mass is 32.2. The van der Waals surface area contributed by atoms with Gasteiger partial charge in [-0.05, 0) is 56.2 Å². The van der Waals surface area contributed by atoms with Crippen molar-refractivity contribution in [2.45, 2.75) is 25.8 Å². The lowest BCUT2D eigenvalue weighted by Gasteiger charge is -2.15. The number of aryl methyl sites for hydroxylation is 3. The molecule has 6 nitrogen and oxygen atoms in total. The Kier molecular flexibility index (Phi) is 7.31. The van der Waals surface area contributed by atoms with E-state index in [0.717, 1.165) is 22.5 Å². The van der Waals surface area contributed by atoms with Crippen LogP contribution in [0.5, 0.6) is 5.75 Å². The first kappa shape index (κ1) is 22.4. The lowest BCUT2D eigenvalue weighted by Crippen LogP contribution is -2.18. The standard InChI is InChI=1S/C24H25N3O3S/c1-15-9-5-6-10-18(15)26-21(28)14-31-24-22(16(2)13-17(3)25-24)23(29)27-19-11-7-8-12-20(19)30-4/h5-13H,14H2,1-4H3,(H,26,28)(H,27,29). The number of methoxy groups -OCH3 is 1. The molecule has 0 aliphatic carbocycles. The van der Waals surface area contributed by atoms with Crippen molar-refractivity contribution in [3.63, 3.8) is 0 Å². The molecule has 0 fully saturated rings. The van der Waals surface area contributed by atoms with Gasteiger partial charge in [0.05, 0.1) is 24.1 Å². The number of amides is 2. The Labute approximate surface area is 186 Å².